The van der Waals surface area contributed by atoms with Gasteiger partial charge >= 0.3 is 0 Å². The number of allylic oxidation sites excluding steroid dienone is 1. The second-order valence-corrected chi connectivity index (χ2v) is 29.8. The number of benzene rings is 7. The molecular weight excluding hydrogens is 1180 g/mol. The van der Waals surface area contributed by atoms with Gasteiger partial charge in [0.05, 0.1) is 23.1 Å². The molecule has 13 nitrogen and oxygen atoms in total. The van der Waals surface area contributed by atoms with Gasteiger partial charge in [-0.2, -0.15) is 8.42 Å². The maximum Gasteiger partial charge on any atom is 0.268 e. The Morgan fingerprint density at radius 2 is 1.66 bits per heavy atom. The Balaban J connectivity index is 0.855. The van der Waals surface area contributed by atoms with E-state index in [1.54, 1.807) is 12.1 Å². The molecule has 16 rings (SSSR count). The maximum absolute atomic E-state index is 14.6. The summed E-state index contributed by atoms with van der Waals surface area (Å²) in [6.45, 7) is 2.81. The number of nitrogens with zero attached hydrogens (tertiary/aromatic N) is 1. The van der Waals surface area contributed by atoms with E-state index in [0.717, 1.165) is 86.8 Å². The van der Waals surface area contributed by atoms with Crippen molar-refractivity contribution in [2.45, 2.75) is 155 Å². The van der Waals surface area contributed by atoms with Crippen LogP contribution in [0.4, 0.5) is 0 Å². The second kappa shape index (κ2) is 25.6. The Hall–Kier alpha value is -7.58. The minimum absolute atomic E-state index is 0.0113. The molecule has 5 aliphatic heterocycles. The third kappa shape index (κ3) is 12.5. The van der Waals surface area contributed by atoms with Gasteiger partial charge in [-0.15, -0.1) is 0 Å². The van der Waals surface area contributed by atoms with Gasteiger partial charge in [0.2, 0.25) is 5.72 Å². The molecule has 0 spiro atoms. The average Bonchev–Trinajstić information content (AvgIpc) is 1.75. The third-order valence-corrected chi connectivity index (χ3v) is 23.6. The Morgan fingerprint density at radius 3 is 2.43 bits per heavy atom. The van der Waals surface area contributed by atoms with Crippen LogP contribution in [0.2, 0.25) is 0 Å². The summed E-state index contributed by atoms with van der Waals surface area (Å²) in [7, 11) is -2.77. The first-order valence-electron chi connectivity index (χ1n) is 33.6. The molecule has 0 radical (unpaired) electrons. The van der Waals surface area contributed by atoms with Crippen LogP contribution >= 0.6 is 0 Å². The van der Waals surface area contributed by atoms with Crippen LogP contribution in [-0.2, 0) is 40.0 Å². The number of aliphatic imine (C=N–C) groups is 1. The SMILES string of the molecule is CNCc1cc2c3c(cccc3c1)C=C[C@H]2[C@H](O)c1ccc([C@H]2CCC[C@](O)([C@H](Cc3ccccc3)C[C@]3(N=C(N)N)Oc4ccc5c(c4)CC[C@@H](C)[C@@H]5C[C@@H](S(=O)(=O)O)[C@H]4C=C5C[C@H](C[C@H]6C[C@@H](CO)CC#Cc7cc(O)ccc7[C@@H]5O6)[C@@H]4c4ccc3cc4)C2)cc1. The van der Waals surface area contributed by atoms with Crippen molar-refractivity contribution in [3.8, 4) is 23.3 Å². The summed E-state index contributed by atoms with van der Waals surface area (Å²) < 4.78 is 55.7. The van der Waals surface area contributed by atoms with Gasteiger partial charge in [-0.3, -0.25) is 4.55 Å². The fraction of sp³-hybridized carbons (Fsp3) is 0.405. The molecule has 10 bridgehead atoms. The highest BCUT2D eigenvalue weighted by Gasteiger charge is 2.51. The first kappa shape index (κ1) is 62.8. The summed E-state index contributed by atoms with van der Waals surface area (Å²) in [5, 5.41) is 52.1. The van der Waals surface area contributed by atoms with Gasteiger partial charge in [-0.25, -0.2) is 4.99 Å². The van der Waals surface area contributed by atoms with Crippen LogP contribution in [0.1, 0.15) is 180 Å². The number of hydrogen-bond donors (Lipinski definition) is 8. The standard InChI is InChI=1S/C79H86N4O9S/c1-47-16-17-56-39-64-28-31-66(56)69(47)42-72(93(88,89)90)71-41-60-37-59(40-65-35-49(46-84)11-6-13-55-38-63(85)27-30-67(55)76(60)91-65)74(71)53-22-25-61(26-23-53)79(92-64,83-77(80)81)44-62(34-48-9-4-3-5-10-48)78(87)32-8-15-58(43-78)51-18-20-54(21-19-51)75(86)68-29-24-52-12-7-14-57-33-50(45-82-2)36-70(68)73(52)57/h3-5,7,9-10,12,14,18-31,33,36,38-39,41,47,49,58-59,62,65,68-69,71-72,74-76,82,84-87H,8,11,15-17,32,34-35,37,40,42-46H2,1-2H3,(H4,80,81,83)(H,88,89,90)/t47-,49+,58+,59-,62-,65-,68-,69+,71-,72-,74+,75-,76-,78-,79+/m1/s1. The predicted molar refractivity (Wildman–Crippen MR) is 365 cm³/mol. The molecule has 4 aliphatic carbocycles. The van der Waals surface area contributed by atoms with Crippen molar-refractivity contribution in [2.75, 3.05) is 13.7 Å². The van der Waals surface area contributed by atoms with E-state index in [4.69, 9.17) is 25.9 Å². The van der Waals surface area contributed by atoms with E-state index < -0.39 is 56.7 Å². The van der Waals surface area contributed by atoms with Gasteiger partial charge in [0.15, 0.2) is 5.96 Å². The molecule has 0 unspecified atom stereocenters. The molecule has 93 heavy (non-hydrogen) atoms. The molecule has 1 saturated heterocycles. The normalized spacial score (nSPS) is 29.3. The molecule has 1 saturated carbocycles. The van der Waals surface area contributed by atoms with Gasteiger partial charge in [-0.05, 0) is 216 Å². The minimum Gasteiger partial charge on any atom is -0.508 e. The van der Waals surface area contributed by atoms with Crippen molar-refractivity contribution in [2.24, 2.45) is 46.0 Å². The number of hydrogen-bond acceptors (Lipinski definition) is 10. The highest BCUT2D eigenvalue weighted by Crippen LogP contribution is 2.56. The molecule has 14 heteroatoms. The molecule has 7 aromatic carbocycles. The zero-order valence-corrected chi connectivity index (χ0v) is 53.9. The fourth-order valence-electron chi connectivity index (χ4n) is 17.9. The van der Waals surface area contributed by atoms with E-state index in [2.05, 4.69) is 133 Å². The molecule has 482 valence electrons. The Labute approximate surface area is 546 Å². The van der Waals surface area contributed by atoms with E-state index in [0.29, 0.717) is 68.2 Å². The maximum atomic E-state index is 14.6. The summed E-state index contributed by atoms with van der Waals surface area (Å²) in [6.07, 6.45) is 11.6. The van der Waals surface area contributed by atoms with Crippen molar-refractivity contribution >= 4 is 32.9 Å². The highest BCUT2D eigenvalue weighted by atomic mass is 32.2. The zero-order valence-electron chi connectivity index (χ0n) is 53.1. The summed E-state index contributed by atoms with van der Waals surface area (Å²) in [5.74, 6) is 4.60. The first-order valence-corrected chi connectivity index (χ1v) is 35.1. The second-order valence-electron chi connectivity index (χ2n) is 28.2. The van der Waals surface area contributed by atoms with Crippen LogP contribution in [0.15, 0.2) is 168 Å². The lowest BCUT2D eigenvalue weighted by molar-refractivity contribution is -0.0834. The molecule has 10 N–H and O–H groups in total. The monoisotopic (exact) mass is 1270 g/mol. The van der Waals surface area contributed by atoms with Crippen molar-refractivity contribution < 1.29 is 42.9 Å². The van der Waals surface area contributed by atoms with E-state index >= 15 is 0 Å². The summed E-state index contributed by atoms with van der Waals surface area (Å²) in [4.78, 5) is 5.21. The van der Waals surface area contributed by atoms with Crippen LogP contribution in [-0.4, -0.2) is 70.0 Å². The number of nitrogens with two attached hydrogens (primary N) is 2. The van der Waals surface area contributed by atoms with E-state index in [1.165, 1.54) is 10.9 Å². The molecule has 0 aromatic heterocycles. The number of nitrogens with one attached hydrogen (secondary N) is 1. The van der Waals surface area contributed by atoms with Crippen molar-refractivity contribution in [3.05, 3.63) is 230 Å². The fourth-order valence-corrected chi connectivity index (χ4v) is 19.0. The Morgan fingerprint density at radius 1 is 0.860 bits per heavy atom. The number of phenolic OH excluding ortho intramolecular Hbond substituents is 1. The summed E-state index contributed by atoms with van der Waals surface area (Å²) >= 11 is 0. The zero-order chi connectivity index (χ0) is 64.3. The van der Waals surface area contributed by atoms with E-state index in [-0.39, 0.29) is 72.8 Å². The number of phenols is 1. The number of aliphatic hydroxyl groups is 3. The molecule has 7 aromatic rings. The van der Waals surface area contributed by atoms with Crippen LogP contribution in [0.3, 0.4) is 0 Å². The molecule has 2 fully saturated rings. The number of aryl methyl sites for hydroxylation is 1. The molecule has 15 atom stereocenters. The van der Waals surface area contributed by atoms with Gasteiger partial charge in [0.25, 0.3) is 10.1 Å². The predicted octanol–water partition coefficient (Wildman–Crippen LogP) is 13.2. The molecule has 0 amide bonds. The summed E-state index contributed by atoms with van der Waals surface area (Å²) in [6, 6.07) is 48.8. The van der Waals surface area contributed by atoms with E-state index in [1.807, 2.05) is 49.5 Å². The quantitative estimate of drug-likeness (QED) is 0.0177. The number of fused-ring (bicyclic) bond motifs is 8. The highest BCUT2D eigenvalue weighted by molar-refractivity contribution is 7.86. The van der Waals surface area contributed by atoms with Crippen LogP contribution in [0.5, 0.6) is 11.5 Å². The van der Waals surface area contributed by atoms with Crippen molar-refractivity contribution in [1.82, 2.24) is 5.32 Å². The molecule has 9 aliphatic rings. The third-order valence-electron chi connectivity index (χ3n) is 22.3. The number of rotatable bonds is 13. The number of ether oxygens (including phenoxy) is 2. The average molecular weight is 1270 g/mol. The minimum atomic E-state index is -4.72. The van der Waals surface area contributed by atoms with Crippen LogP contribution in [0, 0.1) is 41.4 Å². The first-order chi connectivity index (χ1) is 44.9. The lowest BCUT2D eigenvalue weighted by Gasteiger charge is -2.46. The van der Waals surface area contributed by atoms with Gasteiger partial charge in [0, 0.05) is 54.5 Å². The smallest absolute Gasteiger partial charge is 0.268 e. The largest absolute Gasteiger partial charge is 0.508 e. The Bertz CT molecular complexity index is 4210. The lowest BCUT2D eigenvalue weighted by atomic mass is 9.64. The topological polar surface area (TPSA) is 230 Å². The Kier molecular flexibility index (Phi) is 17.3. The summed E-state index contributed by atoms with van der Waals surface area (Å²) in [5.41, 5.74) is 22.7. The lowest BCUT2D eigenvalue weighted by Crippen LogP contribution is -2.48. The van der Waals surface area contributed by atoms with Gasteiger partial charge in [0.1, 0.15) is 17.6 Å². The number of guanidine groups is 1. The van der Waals surface area contributed by atoms with Crippen molar-refractivity contribution in [3.63, 3.8) is 0 Å². The number of aromatic hydroxyl groups is 1. The number of aliphatic hydroxyl groups excluding tert-OH is 2. The van der Waals surface area contributed by atoms with Crippen molar-refractivity contribution in [1.29, 1.82) is 0 Å². The molecule has 5 heterocycles. The molecular formula is C79H86N4O9S. The van der Waals surface area contributed by atoms with E-state index in [9.17, 15) is 33.4 Å². The van der Waals surface area contributed by atoms with Gasteiger partial charge < -0.3 is 46.7 Å². The van der Waals surface area contributed by atoms with Gasteiger partial charge in [-0.1, -0.05) is 152 Å². The van der Waals surface area contributed by atoms with Crippen LogP contribution in [0.25, 0.3) is 16.8 Å². The van der Waals surface area contributed by atoms with Crippen LogP contribution < -0.4 is 21.5 Å².